The van der Waals surface area contributed by atoms with Gasteiger partial charge in [0.15, 0.2) is 5.69 Å². The third-order valence-electron chi connectivity index (χ3n) is 3.58. The molecule has 0 fully saturated rings. The summed E-state index contributed by atoms with van der Waals surface area (Å²) in [7, 11) is 0. The smallest absolute Gasteiger partial charge is 0.277 e. The molecule has 2 aromatic carbocycles. The molecule has 3 aromatic rings. The van der Waals surface area contributed by atoms with Crippen molar-refractivity contribution in [2.24, 2.45) is 0 Å². The van der Waals surface area contributed by atoms with Gasteiger partial charge in [-0.25, -0.2) is 5.21 Å². The maximum Gasteiger partial charge on any atom is 0.277 e. The van der Waals surface area contributed by atoms with Crippen LogP contribution in [-0.4, -0.2) is 33.0 Å². The lowest BCUT2D eigenvalue weighted by Gasteiger charge is -2.12. The summed E-state index contributed by atoms with van der Waals surface area (Å²) in [6.45, 7) is 1.43. The van der Waals surface area contributed by atoms with Gasteiger partial charge >= 0.3 is 0 Å². The summed E-state index contributed by atoms with van der Waals surface area (Å²) < 4.78 is 5.54. The Kier molecular flexibility index (Phi) is 6.57. The molecule has 0 radical (unpaired) electrons. The van der Waals surface area contributed by atoms with Crippen LogP contribution in [0, 0.1) is 5.21 Å². The normalized spacial score (nSPS) is 11.7. The van der Waals surface area contributed by atoms with Crippen LogP contribution in [0.2, 0.25) is 0 Å². The van der Waals surface area contributed by atoms with E-state index in [1.165, 1.54) is 19.1 Å². The second kappa shape index (κ2) is 9.30. The van der Waals surface area contributed by atoms with E-state index in [4.69, 9.17) is 9.62 Å². The summed E-state index contributed by atoms with van der Waals surface area (Å²) in [4.78, 5) is 23.1. The van der Waals surface area contributed by atoms with Crippen molar-refractivity contribution in [2.45, 2.75) is 12.1 Å². The van der Waals surface area contributed by atoms with E-state index in [-0.39, 0.29) is 34.4 Å². The van der Waals surface area contributed by atoms with Gasteiger partial charge in [0.25, 0.3) is 5.22 Å². The summed E-state index contributed by atoms with van der Waals surface area (Å²) in [5.74, 6) is -0.198. The first-order chi connectivity index (χ1) is 13.9. The van der Waals surface area contributed by atoms with E-state index in [0.29, 0.717) is 16.9 Å². The highest BCUT2D eigenvalue weighted by Gasteiger charge is 2.12. The minimum absolute atomic E-state index is 0.0143. The Morgan fingerprint density at radius 3 is 2.59 bits per heavy atom. The van der Waals surface area contributed by atoms with Crippen LogP contribution in [-0.2, 0) is 9.59 Å². The SMILES string of the molecule is CC(=O)Nc1ccc(-c2nnc(SCC(=O)Nc3cccc([NH+]([O-])O)c3)o2)cc1. The minimum atomic E-state index is -1.07. The highest BCUT2D eigenvalue weighted by molar-refractivity contribution is 7.99. The molecule has 3 rings (SSSR count). The number of nitrogens with one attached hydrogen (secondary N) is 3. The number of quaternary nitrogens is 1. The van der Waals surface area contributed by atoms with E-state index < -0.39 is 5.23 Å². The van der Waals surface area contributed by atoms with Crippen LogP contribution < -0.4 is 15.9 Å². The van der Waals surface area contributed by atoms with Crippen molar-refractivity contribution < 1.29 is 24.4 Å². The lowest BCUT2D eigenvalue weighted by Crippen LogP contribution is -2.99. The number of hydrogen-bond acceptors (Lipinski definition) is 8. The van der Waals surface area contributed by atoms with Crippen LogP contribution in [0.3, 0.4) is 0 Å². The number of thioether (sulfide) groups is 1. The number of aromatic nitrogens is 2. The van der Waals surface area contributed by atoms with Crippen LogP contribution in [0.4, 0.5) is 17.1 Å². The third-order valence-corrected chi connectivity index (χ3v) is 4.40. The van der Waals surface area contributed by atoms with Gasteiger partial charge in [-0.1, -0.05) is 17.8 Å². The average Bonchev–Trinajstić information content (AvgIpc) is 3.16. The molecular formula is C18H17N5O5S. The van der Waals surface area contributed by atoms with Gasteiger partial charge in [0, 0.05) is 36.0 Å². The van der Waals surface area contributed by atoms with Crippen molar-refractivity contribution in [2.75, 3.05) is 16.4 Å². The van der Waals surface area contributed by atoms with Gasteiger partial charge in [0.1, 0.15) is 0 Å². The number of carbonyl (C=O) groups is 2. The molecule has 0 spiro atoms. The minimum Gasteiger partial charge on any atom is -0.595 e. The van der Waals surface area contributed by atoms with Crippen molar-refractivity contribution in [3.8, 4) is 11.5 Å². The molecule has 1 atom stereocenters. The lowest BCUT2D eigenvalue weighted by molar-refractivity contribution is -0.991. The number of amides is 2. The van der Waals surface area contributed by atoms with E-state index >= 15 is 0 Å². The fourth-order valence-electron chi connectivity index (χ4n) is 2.34. The Hall–Kier alpha value is -3.25. The maximum atomic E-state index is 12.1. The fraction of sp³-hybridized carbons (Fsp3) is 0.111. The van der Waals surface area contributed by atoms with E-state index in [1.807, 2.05) is 0 Å². The number of benzene rings is 2. The van der Waals surface area contributed by atoms with Gasteiger partial charge in [-0.3, -0.25) is 9.59 Å². The van der Waals surface area contributed by atoms with Crippen molar-refractivity contribution in [3.63, 3.8) is 0 Å². The molecular weight excluding hydrogens is 398 g/mol. The third kappa shape index (κ3) is 5.86. The second-order valence-electron chi connectivity index (χ2n) is 5.85. The van der Waals surface area contributed by atoms with Gasteiger partial charge in [0.05, 0.1) is 5.75 Å². The van der Waals surface area contributed by atoms with Crippen molar-refractivity contribution in [1.82, 2.24) is 10.2 Å². The first kappa shape index (κ1) is 20.5. The zero-order valence-electron chi connectivity index (χ0n) is 15.2. The molecule has 0 bridgehead atoms. The molecule has 0 aliphatic heterocycles. The number of nitrogens with zero attached hydrogens (tertiary/aromatic N) is 2. The molecule has 2 amide bonds. The zero-order chi connectivity index (χ0) is 20.8. The van der Waals surface area contributed by atoms with Crippen molar-refractivity contribution in [1.29, 1.82) is 0 Å². The van der Waals surface area contributed by atoms with Crippen molar-refractivity contribution in [3.05, 3.63) is 53.7 Å². The van der Waals surface area contributed by atoms with Gasteiger partial charge < -0.3 is 20.3 Å². The Morgan fingerprint density at radius 1 is 1.14 bits per heavy atom. The first-order valence-electron chi connectivity index (χ1n) is 8.38. The maximum absolute atomic E-state index is 12.1. The molecule has 0 aliphatic rings. The second-order valence-corrected chi connectivity index (χ2v) is 6.78. The molecule has 0 saturated heterocycles. The van der Waals surface area contributed by atoms with E-state index in [9.17, 15) is 14.8 Å². The Labute approximate surface area is 169 Å². The summed E-state index contributed by atoms with van der Waals surface area (Å²) >= 11 is 1.06. The highest BCUT2D eigenvalue weighted by Crippen LogP contribution is 2.24. The number of rotatable bonds is 7. The number of hydrogen-bond donors (Lipinski definition) is 4. The average molecular weight is 415 g/mol. The topological polar surface area (TPSA) is 145 Å². The molecule has 1 aromatic heterocycles. The van der Waals surface area contributed by atoms with Crippen LogP contribution in [0.5, 0.6) is 0 Å². The number of carbonyl (C=O) groups excluding carboxylic acids is 2. The van der Waals surface area contributed by atoms with Crippen LogP contribution in [0.15, 0.2) is 58.2 Å². The van der Waals surface area contributed by atoms with Crippen LogP contribution >= 0.6 is 11.8 Å². The Bertz CT molecular complexity index is 1010. The molecule has 0 saturated carbocycles. The predicted molar refractivity (Wildman–Crippen MR) is 106 cm³/mol. The first-order valence-corrected chi connectivity index (χ1v) is 9.37. The van der Waals surface area contributed by atoms with Gasteiger partial charge in [-0.2, -0.15) is 5.23 Å². The Balaban J connectivity index is 1.55. The molecule has 11 heteroatoms. The molecule has 4 N–H and O–H groups in total. The largest absolute Gasteiger partial charge is 0.595 e. The van der Waals surface area contributed by atoms with Crippen LogP contribution in [0.25, 0.3) is 11.5 Å². The molecule has 1 unspecified atom stereocenters. The molecule has 150 valence electrons. The van der Waals surface area contributed by atoms with Gasteiger partial charge in [-0.15, -0.1) is 10.2 Å². The van der Waals surface area contributed by atoms with Gasteiger partial charge in [-0.05, 0) is 30.3 Å². The van der Waals surface area contributed by atoms with E-state index in [1.54, 1.807) is 36.4 Å². The highest BCUT2D eigenvalue weighted by atomic mass is 32.2. The van der Waals surface area contributed by atoms with E-state index in [0.717, 1.165) is 11.8 Å². The molecule has 1 heterocycles. The summed E-state index contributed by atoms with van der Waals surface area (Å²) in [6.07, 6.45) is 0. The predicted octanol–water partition coefficient (Wildman–Crippen LogP) is 1.83. The molecule has 29 heavy (non-hydrogen) atoms. The fourth-order valence-corrected chi connectivity index (χ4v) is 2.90. The van der Waals surface area contributed by atoms with Gasteiger partial charge in [0.2, 0.25) is 17.7 Å². The lowest BCUT2D eigenvalue weighted by atomic mass is 10.2. The number of anilines is 2. The molecule has 0 aliphatic carbocycles. The summed E-state index contributed by atoms with van der Waals surface area (Å²) in [6, 6.07) is 12.9. The Morgan fingerprint density at radius 2 is 1.90 bits per heavy atom. The molecule has 10 nitrogen and oxygen atoms in total. The standard InChI is InChI=1S/C18H17N5O5S/c1-11(24)19-13-7-5-12(6-8-13)17-21-22-18(28-17)29-10-16(25)20-14-3-2-4-15(9-14)23(26)27/h2-9,23,26H,10H2,1H3,(H,19,24)(H,20,25). The van der Waals surface area contributed by atoms with Crippen molar-refractivity contribution >= 4 is 40.6 Å². The quantitative estimate of drug-likeness (QED) is 0.338. The monoisotopic (exact) mass is 415 g/mol. The zero-order valence-corrected chi connectivity index (χ0v) is 16.0. The summed E-state index contributed by atoms with van der Waals surface area (Å²) in [5, 5.41) is 32.2. The summed E-state index contributed by atoms with van der Waals surface area (Å²) in [5.41, 5.74) is 1.80. The van der Waals surface area contributed by atoms with E-state index in [2.05, 4.69) is 20.8 Å². The van der Waals surface area contributed by atoms with Crippen LogP contribution in [0.1, 0.15) is 6.92 Å².